The number of benzene rings is 1. The molecule has 2 aromatic rings. The van der Waals surface area contributed by atoms with E-state index in [1.807, 2.05) is 18.2 Å². The van der Waals surface area contributed by atoms with Gasteiger partial charge in [0.15, 0.2) is 0 Å². The monoisotopic (exact) mass is 257 g/mol. The van der Waals surface area contributed by atoms with E-state index < -0.39 is 0 Å². The second-order valence-corrected chi connectivity index (χ2v) is 5.39. The van der Waals surface area contributed by atoms with Crippen LogP contribution in [0, 0.1) is 5.92 Å². The zero-order valence-corrected chi connectivity index (χ0v) is 11.1. The van der Waals surface area contributed by atoms with Gasteiger partial charge in [0.1, 0.15) is 0 Å². The van der Waals surface area contributed by atoms with Crippen molar-refractivity contribution in [2.45, 2.75) is 38.6 Å². The van der Waals surface area contributed by atoms with E-state index in [0.717, 1.165) is 29.8 Å². The van der Waals surface area contributed by atoms with E-state index in [4.69, 9.17) is 0 Å². The zero-order chi connectivity index (χ0) is 13.2. The lowest BCUT2D eigenvalue weighted by Crippen LogP contribution is -2.34. The quantitative estimate of drug-likeness (QED) is 0.865. The van der Waals surface area contributed by atoms with Crippen LogP contribution in [0.4, 0.5) is 0 Å². The average molecular weight is 257 g/mol. The highest BCUT2D eigenvalue weighted by molar-refractivity contribution is 5.97. The van der Waals surface area contributed by atoms with Crippen LogP contribution in [0.3, 0.4) is 0 Å². The standard InChI is InChI=1S/C15H19N3O/c1-2-12(7-10-3-4-10)18-15(19)11-5-6-13-14(8-11)17-9-16-13/h5-6,8-10,12H,2-4,7H2,1H3,(H,16,17)(H,18,19). The second kappa shape index (κ2) is 5.03. The first-order valence-corrected chi connectivity index (χ1v) is 7.00. The minimum absolute atomic E-state index is 0.0176. The molecule has 1 saturated carbocycles. The van der Waals surface area contributed by atoms with Gasteiger partial charge in [0.05, 0.1) is 17.4 Å². The first-order chi connectivity index (χ1) is 9.26. The number of H-pyrrole nitrogens is 1. The summed E-state index contributed by atoms with van der Waals surface area (Å²) >= 11 is 0. The van der Waals surface area contributed by atoms with Crippen molar-refractivity contribution < 1.29 is 4.79 Å². The smallest absolute Gasteiger partial charge is 0.251 e. The second-order valence-electron chi connectivity index (χ2n) is 5.39. The largest absolute Gasteiger partial charge is 0.349 e. The van der Waals surface area contributed by atoms with Crippen molar-refractivity contribution >= 4 is 16.9 Å². The molecule has 1 unspecified atom stereocenters. The number of carbonyl (C=O) groups is 1. The van der Waals surface area contributed by atoms with Crippen LogP contribution in [-0.4, -0.2) is 21.9 Å². The highest BCUT2D eigenvalue weighted by atomic mass is 16.1. The third-order valence-corrected chi connectivity index (χ3v) is 3.83. The van der Waals surface area contributed by atoms with Crippen molar-refractivity contribution in [3.8, 4) is 0 Å². The maximum atomic E-state index is 12.2. The summed E-state index contributed by atoms with van der Waals surface area (Å²) in [5, 5.41) is 3.14. The number of hydrogen-bond donors (Lipinski definition) is 2. The van der Waals surface area contributed by atoms with Crippen LogP contribution in [0.5, 0.6) is 0 Å². The molecule has 0 aliphatic heterocycles. The predicted octanol–water partition coefficient (Wildman–Crippen LogP) is 2.87. The summed E-state index contributed by atoms with van der Waals surface area (Å²) in [7, 11) is 0. The lowest BCUT2D eigenvalue weighted by Gasteiger charge is -2.16. The van der Waals surface area contributed by atoms with Crippen molar-refractivity contribution in [2.24, 2.45) is 5.92 Å². The van der Waals surface area contributed by atoms with Gasteiger partial charge in [0.2, 0.25) is 0 Å². The van der Waals surface area contributed by atoms with Gasteiger partial charge in [-0.2, -0.15) is 0 Å². The molecule has 1 aromatic heterocycles. The predicted molar refractivity (Wildman–Crippen MR) is 75.0 cm³/mol. The minimum Gasteiger partial charge on any atom is -0.349 e. The number of hydrogen-bond acceptors (Lipinski definition) is 2. The number of amides is 1. The molecule has 0 saturated heterocycles. The number of imidazole rings is 1. The van der Waals surface area contributed by atoms with Gasteiger partial charge < -0.3 is 10.3 Å². The van der Waals surface area contributed by atoms with Crippen LogP contribution in [0.1, 0.15) is 43.0 Å². The first-order valence-electron chi connectivity index (χ1n) is 7.00. The van der Waals surface area contributed by atoms with Gasteiger partial charge in [-0.15, -0.1) is 0 Å². The fourth-order valence-electron chi connectivity index (χ4n) is 2.43. The molecule has 4 nitrogen and oxygen atoms in total. The summed E-state index contributed by atoms with van der Waals surface area (Å²) in [5.74, 6) is 0.851. The van der Waals surface area contributed by atoms with Gasteiger partial charge in [-0.05, 0) is 37.0 Å². The molecule has 4 heteroatoms. The van der Waals surface area contributed by atoms with Crippen LogP contribution in [-0.2, 0) is 0 Å². The Morgan fingerprint density at radius 1 is 1.53 bits per heavy atom. The van der Waals surface area contributed by atoms with E-state index in [0.29, 0.717) is 11.6 Å². The Morgan fingerprint density at radius 2 is 2.37 bits per heavy atom. The molecule has 1 atom stereocenters. The van der Waals surface area contributed by atoms with Crippen molar-refractivity contribution in [1.82, 2.24) is 15.3 Å². The van der Waals surface area contributed by atoms with Gasteiger partial charge in [-0.3, -0.25) is 4.79 Å². The molecule has 100 valence electrons. The van der Waals surface area contributed by atoms with Crippen molar-refractivity contribution in [2.75, 3.05) is 0 Å². The van der Waals surface area contributed by atoms with Gasteiger partial charge >= 0.3 is 0 Å². The van der Waals surface area contributed by atoms with Gasteiger partial charge in [0.25, 0.3) is 5.91 Å². The number of carbonyl (C=O) groups excluding carboxylic acids is 1. The number of fused-ring (bicyclic) bond motifs is 1. The maximum Gasteiger partial charge on any atom is 0.251 e. The van der Waals surface area contributed by atoms with E-state index in [9.17, 15) is 4.79 Å². The third-order valence-electron chi connectivity index (χ3n) is 3.83. The molecule has 1 aliphatic carbocycles. The Kier molecular flexibility index (Phi) is 3.23. The highest BCUT2D eigenvalue weighted by Gasteiger charge is 2.25. The van der Waals surface area contributed by atoms with E-state index in [1.54, 1.807) is 6.33 Å². The summed E-state index contributed by atoms with van der Waals surface area (Å²) in [6.45, 7) is 2.13. The Labute approximate surface area is 112 Å². The van der Waals surface area contributed by atoms with Crippen molar-refractivity contribution in [3.05, 3.63) is 30.1 Å². The molecule has 1 amide bonds. The third kappa shape index (κ3) is 2.78. The summed E-state index contributed by atoms with van der Waals surface area (Å²) < 4.78 is 0. The van der Waals surface area contributed by atoms with Crippen LogP contribution in [0.15, 0.2) is 24.5 Å². The molecular formula is C15H19N3O. The Balaban J connectivity index is 1.70. The Hall–Kier alpha value is -1.84. The molecule has 1 aliphatic rings. The first kappa shape index (κ1) is 12.2. The van der Waals surface area contributed by atoms with Crippen molar-refractivity contribution in [1.29, 1.82) is 0 Å². The van der Waals surface area contributed by atoms with Crippen LogP contribution in [0.25, 0.3) is 11.0 Å². The molecule has 0 spiro atoms. The molecule has 19 heavy (non-hydrogen) atoms. The Bertz CT molecular complexity index is 586. The molecule has 1 aromatic carbocycles. The maximum absolute atomic E-state index is 12.2. The van der Waals surface area contributed by atoms with E-state index in [1.165, 1.54) is 12.8 Å². The van der Waals surface area contributed by atoms with Crippen LogP contribution >= 0.6 is 0 Å². The van der Waals surface area contributed by atoms with Crippen LogP contribution in [0.2, 0.25) is 0 Å². The fourth-order valence-corrected chi connectivity index (χ4v) is 2.43. The molecule has 0 radical (unpaired) electrons. The topological polar surface area (TPSA) is 57.8 Å². The number of aromatic nitrogens is 2. The molecular weight excluding hydrogens is 238 g/mol. The number of rotatable bonds is 5. The number of aromatic amines is 1. The lowest BCUT2D eigenvalue weighted by atomic mass is 10.1. The van der Waals surface area contributed by atoms with Gasteiger partial charge in [-0.1, -0.05) is 19.8 Å². The fraction of sp³-hybridized carbons (Fsp3) is 0.467. The van der Waals surface area contributed by atoms with Gasteiger partial charge in [0, 0.05) is 11.6 Å². The normalized spacial score (nSPS) is 16.5. The average Bonchev–Trinajstić information content (AvgIpc) is 3.11. The molecule has 3 rings (SSSR count). The van der Waals surface area contributed by atoms with E-state index in [-0.39, 0.29) is 5.91 Å². The number of nitrogens with zero attached hydrogens (tertiary/aromatic N) is 1. The Morgan fingerprint density at radius 3 is 3.11 bits per heavy atom. The molecule has 1 heterocycles. The number of nitrogens with one attached hydrogen (secondary N) is 2. The summed E-state index contributed by atoms with van der Waals surface area (Å²) in [4.78, 5) is 19.4. The summed E-state index contributed by atoms with van der Waals surface area (Å²) in [5.41, 5.74) is 2.50. The molecule has 0 bridgehead atoms. The van der Waals surface area contributed by atoms with Crippen LogP contribution < -0.4 is 5.32 Å². The van der Waals surface area contributed by atoms with Gasteiger partial charge in [-0.25, -0.2) is 4.98 Å². The SMILES string of the molecule is CCC(CC1CC1)NC(=O)c1ccc2nc[nH]c2c1. The molecule has 2 N–H and O–H groups in total. The zero-order valence-electron chi connectivity index (χ0n) is 11.1. The summed E-state index contributed by atoms with van der Waals surface area (Å²) in [6.07, 6.45) is 6.41. The van der Waals surface area contributed by atoms with E-state index >= 15 is 0 Å². The van der Waals surface area contributed by atoms with Crippen molar-refractivity contribution in [3.63, 3.8) is 0 Å². The molecule has 1 fully saturated rings. The van der Waals surface area contributed by atoms with E-state index in [2.05, 4.69) is 22.2 Å². The lowest BCUT2D eigenvalue weighted by molar-refractivity contribution is 0.0933. The highest BCUT2D eigenvalue weighted by Crippen LogP contribution is 2.34. The summed E-state index contributed by atoms with van der Waals surface area (Å²) in [6, 6.07) is 5.88. The minimum atomic E-state index is 0.0176.